The standard InChI is InChI=1S/C10H18N6O/c1-11-7-12-8(14-9(13-7)16(2)3)15-10(6-17)4-5-10/h17H,4-6H2,1-3H3,(H2,11,12,13,14,15). The van der Waals surface area contributed by atoms with Gasteiger partial charge in [0.15, 0.2) is 0 Å². The molecule has 1 aromatic heterocycles. The Morgan fingerprint density at radius 1 is 1.24 bits per heavy atom. The van der Waals surface area contributed by atoms with Crippen molar-refractivity contribution in [3.8, 4) is 0 Å². The van der Waals surface area contributed by atoms with E-state index in [0.29, 0.717) is 17.8 Å². The first-order valence-corrected chi connectivity index (χ1v) is 5.59. The first-order valence-electron chi connectivity index (χ1n) is 5.59. The van der Waals surface area contributed by atoms with E-state index in [9.17, 15) is 5.11 Å². The van der Waals surface area contributed by atoms with E-state index >= 15 is 0 Å². The fourth-order valence-corrected chi connectivity index (χ4v) is 1.44. The van der Waals surface area contributed by atoms with Crippen LogP contribution in [-0.4, -0.2) is 53.3 Å². The summed E-state index contributed by atoms with van der Waals surface area (Å²) in [7, 11) is 5.51. The predicted molar refractivity (Wildman–Crippen MR) is 66.4 cm³/mol. The molecule has 1 aromatic rings. The fraction of sp³-hybridized carbons (Fsp3) is 0.700. The Hall–Kier alpha value is -1.63. The monoisotopic (exact) mass is 238 g/mol. The van der Waals surface area contributed by atoms with E-state index in [4.69, 9.17) is 0 Å². The quantitative estimate of drug-likeness (QED) is 0.661. The molecule has 1 saturated carbocycles. The highest BCUT2D eigenvalue weighted by atomic mass is 16.3. The molecule has 7 heteroatoms. The van der Waals surface area contributed by atoms with Gasteiger partial charge in [-0.25, -0.2) is 0 Å². The number of hydrogen-bond acceptors (Lipinski definition) is 7. The Morgan fingerprint density at radius 2 is 1.88 bits per heavy atom. The molecule has 94 valence electrons. The highest BCUT2D eigenvalue weighted by Crippen LogP contribution is 2.37. The summed E-state index contributed by atoms with van der Waals surface area (Å²) >= 11 is 0. The molecule has 7 nitrogen and oxygen atoms in total. The van der Waals surface area contributed by atoms with Gasteiger partial charge >= 0.3 is 0 Å². The van der Waals surface area contributed by atoms with Crippen LogP contribution in [0, 0.1) is 0 Å². The fourth-order valence-electron chi connectivity index (χ4n) is 1.44. The SMILES string of the molecule is CNc1nc(NC2(CO)CC2)nc(N(C)C)n1. The topological polar surface area (TPSA) is 86.2 Å². The van der Waals surface area contributed by atoms with Crippen LogP contribution in [-0.2, 0) is 0 Å². The van der Waals surface area contributed by atoms with Gasteiger partial charge in [-0.15, -0.1) is 0 Å². The lowest BCUT2D eigenvalue weighted by atomic mass is 10.3. The molecule has 0 amide bonds. The number of hydrogen-bond donors (Lipinski definition) is 3. The normalized spacial score (nSPS) is 16.5. The zero-order chi connectivity index (χ0) is 12.5. The number of nitrogens with zero attached hydrogens (tertiary/aromatic N) is 4. The van der Waals surface area contributed by atoms with Crippen LogP contribution in [0.25, 0.3) is 0 Å². The van der Waals surface area contributed by atoms with Crippen LogP contribution in [0.2, 0.25) is 0 Å². The molecular weight excluding hydrogens is 220 g/mol. The van der Waals surface area contributed by atoms with Crippen LogP contribution in [0.5, 0.6) is 0 Å². The summed E-state index contributed by atoms with van der Waals surface area (Å²) in [6.45, 7) is 0.102. The van der Waals surface area contributed by atoms with E-state index < -0.39 is 0 Å². The minimum atomic E-state index is -0.226. The van der Waals surface area contributed by atoms with Crippen molar-refractivity contribution in [3.05, 3.63) is 0 Å². The molecule has 0 atom stereocenters. The van der Waals surface area contributed by atoms with Gasteiger partial charge in [-0.1, -0.05) is 0 Å². The maximum absolute atomic E-state index is 9.26. The van der Waals surface area contributed by atoms with Crippen LogP contribution in [0.3, 0.4) is 0 Å². The smallest absolute Gasteiger partial charge is 0.231 e. The second kappa shape index (κ2) is 4.33. The average molecular weight is 238 g/mol. The molecular formula is C10H18N6O. The molecule has 0 aromatic carbocycles. The minimum absolute atomic E-state index is 0.102. The van der Waals surface area contributed by atoms with Crippen molar-refractivity contribution in [3.63, 3.8) is 0 Å². The van der Waals surface area contributed by atoms with Gasteiger partial charge in [-0.05, 0) is 12.8 Å². The third-order valence-electron chi connectivity index (χ3n) is 2.78. The number of aromatic nitrogens is 3. The van der Waals surface area contributed by atoms with Gasteiger partial charge in [0, 0.05) is 21.1 Å². The van der Waals surface area contributed by atoms with E-state index in [1.807, 2.05) is 19.0 Å². The van der Waals surface area contributed by atoms with Gasteiger partial charge in [0.1, 0.15) is 0 Å². The van der Waals surface area contributed by atoms with Crippen LogP contribution < -0.4 is 15.5 Å². The van der Waals surface area contributed by atoms with Gasteiger partial charge in [-0.2, -0.15) is 15.0 Å². The Balaban J connectivity index is 2.23. The Bertz CT molecular complexity index is 404. The molecule has 17 heavy (non-hydrogen) atoms. The first kappa shape index (κ1) is 11.8. The summed E-state index contributed by atoms with van der Waals surface area (Å²) in [5.41, 5.74) is -0.226. The molecule has 0 aliphatic heterocycles. The Labute approximate surface area is 100 Å². The zero-order valence-electron chi connectivity index (χ0n) is 10.4. The summed E-state index contributed by atoms with van der Waals surface area (Å²) in [5.74, 6) is 1.60. The van der Waals surface area contributed by atoms with Crippen molar-refractivity contribution in [1.29, 1.82) is 0 Å². The molecule has 1 aliphatic rings. The Kier molecular flexibility index (Phi) is 3.01. The third-order valence-corrected chi connectivity index (χ3v) is 2.78. The highest BCUT2D eigenvalue weighted by Gasteiger charge is 2.42. The van der Waals surface area contributed by atoms with E-state index in [-0.39, 0.29) is 12.1 Å². The summed E-state index contributed by atoms with van der Waals surface area (Å²) in [4.78, 5) is 14.6. The number of rotatable bonds is 5. The van der Waals surface area contributed by atoms with Gasteiger partial charge < -0.3 is 20.6 Å². The second-order valence-corrected chi connectivity index (χ2v) is 4.49. The molecule has 0 saturated heterocycles. The Morgan fingerprint density at radius 3 is 2.35 bits per heavy atom. The average Bonchev–Trinajstić information content (AvgIpc) is 3.09. The van der Waals surface area contributed by atoms with Crippen molar-refractivity contribution in [2.24, 2.45) is 0 Å². The molecule has 1 fully saturated rings. The lowest BCUT2D eigenvalue weighted by Gasteiger charge is -2.17. The molecule has 0 unspecified atom stereocenters. The number of aliphatic hydroxyl groups is 1. The van der Waals surface area contributed by atoms with Gasteiger partial charge in [0.05, 0.1) is 12.1 Å². The summed E-state index contributed by atoms with van der Waals surface area (Å²) < 4.78 is 0. The molecule has 3 N–H and O–H groups in total. The molecule has 0 radical (unpaired) electrons. The molecule has 0 bridgehead atoms. The number of nitrogens with one attached hydrogen (secondary N) is 2. The van der Waals surface area contributed by atoms with Crippen molar-refractivity contribution >= 4 is 17.8 Å². The highest BCUT2D eigenvalue weighted by molar-refractivity contribution is 5.45. The predicted octanol–water partition coefficient (Wildman–Crippen LogP) is -0.0839. The maximum atomic E-state index is 9.26. The molecule has 1 heterocycles. The second-order valence-electron chi connectivity index (χ2n) is 4.49. The van der Waals surface area contributed by atoms with Gasteiger partial charge in [0.25, 0.3) is 0 Å². The summed E-state index contributed by atoms with van der Waals surface area (Å²) in [5, 5.41) is 15.3. The van der Waals surface area contributed by atoms with Crippen LogP contribution >= 0.6 is 0 Å². The van der Waals surface area contributed by atoms with Crippen LogP contribution in [0.1, 0.15) is 12.8 Å². The van der Waals surface area contributed by atoms with Crippen molar-refractivity contribution in [2.45, 2.75) is 18.4 Å². The van der Waals surface area contributed by atoms with Crippen LogP contribution in [0.4, 0.5) is 17.8 Å². The largest absolute Gasteiger partial charge is 0.394 e. The number of anilines is 3. The molecule has 0 spiro atoms. The summed E-state index contributed by atoms with van der Waals surface area (Å²) in [6.07, 6.45) is 1.89. The molecule has 1 aliphatic carbocycles. The summed E-state index contributed by atoms with van der Waals surface area (Å²) in [6, 6.07) is 0. The third kappa shape index (κ3) is 2.55. The van der Waals surface area contributed by atoms with E-state index in [0.717, 1.165) is 12.8 Å². The van der Waals surface area contributed by atoms with E-state index in [1.165, 1.54) is 0 Å². The lowest BCUT2D eigenvalue weighted by Crippen LogP contribution is -2.27. The lowest BCUT2D eigenvalue weighted by molar-refractivity contribution is 0.265. The zero-order valence-corrected chi connectivity index (χ0v) is 10.4. The van der Waals surface area contributed by atoms with Crippen molar-refractivity contribution in [2.75, 3.05) is 43.3 Å². The van der Waals surface area contributed by atoms with Crippen LogP contribution in [0.15, 0.2) is 0 Å². The minimum Gasteiger partial charge on any atom is -0.394 e. The van der Waals surface area contributed by atoms with Crippen molar-refractivity contribution < 1.29 is 5.11 Å². The van der Waals surface area contributed by atoms with Gasteiger partial charge in [-0.3, -0.25) is 0 Å². The van der Waals surface area contributed by atoms with Crippen molar-refractivity contribution in [1.82, 2.24) is 15.0 Å². The number of aliphatic hydroxyl groups excluding tert-OH is 1. The maximum Gasteiger partial charge on any atom is 0.231 e. The molecule has 2 rings (SSSR count). The van der Waals surface area contributed by atoms with E-state index in [2.05, 4.69) is 25.6 Å². The van der Waals surface area contributed by atoms with Gasteiger partial charge in [0.2, 0.25) is 17.8 Å². The first-order chi connectivity index (χ1) is 8.08. The van der Waals surface area contributed by atoms with E-state index in [1.54, 1.807) is 7.05 Å².